The molecule has 2 heterocycles. The van der Waals surface area contributed by atoms with Crippen LogP contribution in [0.15, 0.2) is 6.07 Å². The largest absolute Gasteiger partial charge is 0.381 e. The van der Waals surface area contributed by atoms with Crippen LogP contribution in [0.2, 0.25) is 5.15 Å². The summed E-state index contributed by atoms with van der Waals surface area (Å²) in [5.41, 5.74) is 5.56. The predicted molar refractivity (Wildman–Crippen MR) is 76.2 cm³/mol. The molecule has 100 valence electrons. The van der Waals surface area contributed by atoms with Crippen molar-refractivity contribution in [3.8, 4) is 0 Å². The van der Waals surface area contributed by atoms with Crippen molar-refractivity contribution in [3.63, 3.8) is 0 Å². The molecule has 0 amide bonds. The molecule has 1 fully saturated rings. The highest BCUT2D eigenvalue weighted by Gasteiger charge is 2.31. The fourth-order valence-corrected chi connectivity index (χ4v) is 2.96. The zero-order chi connectivity index (χ0) is 13.0. The average Bonchev–Trinajstić information content (AvgIpc) is 2.36. The number of nitrogens with two attached hydrogens (primary N) is 1. The van der Waals surface area contributed by atoms with E-state index in [9.17, 15) is 0 Å². The Kier molecular flexibility index (Phi) is 4.53. The lowest BCUT2D eigenvalue weighted by atomic mass is 9.99. The summed E-state index contributed by atoms with van der Waals surface area (Å²) in [6, 6.07) is 1.69. The summed E-state index contributed by atoms with van der Waals surface area (Å²) >= 11 is 7.71. The number of halogens is 1. The van der Waals surface area contributed by atoms with Crippen molar-refractivity contribution in [3.05, 3.63) is 11.2 Å². The number of nitrogens with one attached hydrogen (secondary N) is 1. The molecule has 0 bridgehead atoms. The average molecular weight is 289 g/mol. The van der Waals surface area contributed by atoms with Crippen LogP contribution in [0, 0.1) is 0 Å². The Labute approximate surface area is 116 Å². The summed E-state index contributed by atoms with van der Waals surface area (Å²) in [5, 5.41) is 3.65. The molecule has 0 aromatic carbocycles. The zero-order valence-electron chi connectivity index (χ0n) is 10.3. The van der Waals surface area contributed by atoms with Crippen molar-refractivity contribution in [2.45, 2.75) is 17.6 Å². The fourth-order valence-electron chi connectivity index (χ4n) is 1.97. The first-order valence-corrected chi connectivity index (χ1v) is 7.41. The Morgan fingerprint density at radius 2 is 2.22 bits per heavy atom. The molecule has 0 aliphatic carbocycles. The van der Waals surface area contributed by atoms with Gasteiger partial charge in [0.2, 0.25) is 5.95 Å². The summed E-state index contributed by atoms with van der Waals surface area (Å²) in [6.07, 6.45) is 4.21. The summed E-state index contributed by atoms with van der Waals surface area (Å²) in [6.45, 7) is 2.45. The molecule has 0 saturated carbocycles. The van der Waals surface area contributed by atoms with E-state index in [1.54, 1.807) is 6.07 Å². The fraction of sp³-hybridized carbons (Fsp3) is 0.636. The van der Waals surface area contributed by atoms with Crippen molar-refractivity contribution in [2.75, 3.05) is 37.1 Å². The van der Waals surface area contributed by atoms with Gasteiger partial charge in [0, 0.05) is 30.6 Å². The minimum absolute atomic E-state index is 0.190. The summed E-state index contributed by atoms with van der Waals surface area (Å²) in [7, 11) is 0. The van der Waals surface area contributed by atoms with E-state index in [-0.39, 0.29) is 10.7 Å². The molecular weight excluding hydrogens is 272 g/mol. The van der Waals surface area contributed by atoms with Crippen molar-refractivity contribution in [1.82, 2.24) is 9.97 Å². The van der Waals surface area contributed by atoms with Gasteiger partial charge in [-0.05, 0) is 19.1 Å². The van der Waals surface area contributed by atoms with Gasteiger partial charge in [-0.3, -0.25) is 0 Å². The molecule has 2 rings (SSSR count). The number of nitrogen functional groups attached to an aromatic ring is 1. The second-order valence-corrected chi connectivity index (χ2v) is 5.95. The molecule has 3 N–H and O–H groups in total. The van der Waals surface area contributed by atoms with Crippen LogP contribution in [-0.4, -0.2) is 40.7 Å². The molecule has 18 heavy (non-hydrogen) atoms. The van der Waals surface area contributed by atoms with E-state index in [0.717, 1.165) is 32.6 Å². The number of nitrogens with zero attached hydrogens (tertiary/aromatic N) is 2. The van der Waals surface area contributed by atoms with Gasteiger partial charge < -0.3 is 15.8 Å². The second-order valence-electron chi connectivity index (χ2n) is 4.29. The molecule has 0 unspecified atom stereocenters. The molecule has 1 aliphatic heterocycles. The molecular formula is C11H17ClN4OS. The van der Waals surface area contributed by atoms with Crippen LogP contribution >= 0.6 is 23.4 Å². The highest BCUT2D eigenvalue weighted by atomic mass is 35.5. The van der Waals surface area contributed by atoms with E-state index in [1.165, 1.54) is 0 Å². The lowest BCUT2D eigenvalue weighted by Gasteiger charge is -2.35. The van der Waals surface area contributed by atoms with Gasteiger partial charge in [0.15, 0.2) is 0 Å². The summed E-state index contributed by atoms with van der Waals surface area (Å²) in [4.78, 5) is 7.95. The van der Waals surface area contributed by atoms with Crippen molar-refractivity contribution in [1.29, 1.82) is 0 Å². The van der Waals surface area contributed by atoms with Gasteiger partial charge in [-0.15, -0.1) is 0 Å². The maximum absolute atomic E-state index is 5.84. The molecule has 5 nitrogen and oxygen atoms in total. The van der Waals surface area contributed by atoms with Crippen LogP contribution in [0.5, 0.6) is 0 Å². The lowest BCUT2D eigenvalue weighted by molar-refractivity contribution is 0.0802. The van der Waals surface area contributed by atoms with Crippen LogP contribution in [0.1, 0.15) is 12.8 Å². The standard InChI is InChI=1S/C11H17ClN4OS/c1-18-11(2-4-17-5-3-11)7-14-9-6-8(12)15-10(13)16-9/h6H,2-5,7H2,1H3,(H3,13,14,15,16). The predicted octanol–water partition coefficient (Wildman–Crippen LogP) is 2.04. The summed E-state index contributed by atoms with van der Waals surface area (Å²) < 4.78 is 5.61. The van der Waals surface area contributed by atoms with Gasteiger partial charge in [-0.1, -0.05) is 11.6 Å². The monoisotopic (exact) mass is 288 g/mol. The molecule has 1 saturated heterocycles. The van der Waals surface area contributed by atoms with Crippen LogP contribution in [0.3, 0.4) is 0 Å². The number of thioether (sulfide) groups is 1. The molecule has 7 heteroatoms. The summed E-state index contributed by atoms with van der Waals surface area (Å²) in [5.74, 6) is 0.864. The van der Waals surface area contributed by atoms with E-state index in [4.69, 9.17) is 22.1 Å². The van der Waals surface area contributed by atoms with Crippen molar-refractivity contribution < 1.29 is 4.74 Å². The maximum atomic E-state index is 5.84. The molecule has 0 spiro atoms. The third kappa shape index (κ3) is 3.40. The number of hydrogen-bond donors (Lipinski definition) is 2. The number of anilines is 2. The normalized spacial score (nSPS) is 18.6. The number of ether oxygens (including phenoxy) is 1. The number of rotatable bonds is 4. The van der Waals surface area contributed by atoms with Gasteiger partial charge >= 0.3 is 0 Å². The van der Waals surface area contributed by atoms with E-state index in [0.29, 0.717) is 11.0 Å². The second kappa shape index (κ2) is 5.95. The first-order valence-electron chi connectivity index (χ1n) is 5.80. The molecule has 1 aromatic rings. The highest BCUT2D eigenvalue weighted by Crippen LogP contribution is 2.33. The van der Waals surface area contributed by atoms with Crippen molar-refractivity contribution >= 4 is 35.1 Å². The SMILES string of the molecule is CSC1(CNc2cc(Cl)nc(N)n2)CCOCC1. The maximum Gasteiger partial charge on any atom is 0.223 e. The lowest BCUT2D eigenvalue weighted by Crippen LogP contribution is -2.39. The minimum atomic E-state index is 0.190. The van der Waals surface area contributed by atoms with Gasteiger partial charge in [-0.25, -0.2) is 4.98 Å². The smallest absolute Gasteiger partial charge is 0.223 e. The topological polar surface area (TPSA) is 73.1 Å². The zero-order valence-corrected chi connectivity index (χ0v) is 11.9. The molecule has 1 aromatic heterocycles. The first kappa shape index (κ1) is 13.7. The van der Waals surface area contributed by atoms with Gasteiger partial charge in [0.05, 0.1) is 0 Å². The van der Waals surface area contributed by atoms with E-state index in [1.807, 2.05) is 11.8 Å². The van der Waals surface area contributed by atoms with Gasteiger partial charge in [-0.2, -0.15) is 16.7 Å². The number of hydrogen-bond acceptors (Lipinski definition) is 6. The van der Waals surface area contributed by atoms with E-state index in [2.05, 4.69) is 21.5 Å². The van der Waals surface area contributed by atoms with Gasteiger partial charge in [0.25, 0.3) is 0 Å². The molecule has 0 radical (unpaired) electrons. The van der Waals surface area contributed by atoms with Gasteiger partial charge in [0.1, 0.15) is 11.0 Å². The Bertz CT molecular complexity index is 392. The quantitative estimate of drug-likeness (QED) is 0.826. The Morgan fingerprint density at radius 3 is 2.83 bits per heavy atom. The van der Waals surface area contributed by atoms with Crippen LogP contribution < -0.4 is 11.1 Å². The van der Waals surface area contributed by atoms with Crippen LogP contribution in [0.25, 0.3) is 0 Å². The van der Waals surface area contributed by atoms with Crippen LogP contribution in [-0.2, 0) is 4.74 Å². The van der Waals surface area contributed by atoms with Crippen LogP contribution in [0.4, 0.5) is 11.8 Å². The third-order valence-electron chi connectivity index (χ3n) is 3.14. The molecule has 0 atom stereocenters. The Morgan fingerprint density at radius 1 is 1.50 bits per heavy atom. The first-order chi connectivity index (χ1) is 8.63. The van der Waals surface area contributed by atoms with E-state index >= 15 is 0 Å². The highest BCUT2D eigenvalue weighted by molar-refractivity contribution is 8.00. The third-order valence-corrected chi connectivity index (χ3v) is 4.75. The molecule has 1 aliphatic rings. The number of aromatic nitrogens is 2. The van der Waals surface area contributed by atoms with E-state index < -0.39 is 0 Å². The Hall–Kier alpha value is -0.720. The minimum Gasteiger partial charge on any atom is -0.381 e. The Balaban J connectivity index is 2.00. The van der Waals surface area contributed by atoms with Crippen molar-refractivity contribution in [2.24, 2.45) is 0 Å².